The third-order valence-electron chi connectivity index (χ3n) is 8.42. The second-order valence-corrected chi connectivity index (χ2v) is 11.0. The first-order valence-corrected chi connectivity index (χ1v) is 14.7. The minimum atomic E-state index is -0.912. The van der Waals surface area contributed by atoms with Crippen LogP contribution in [0.1, 0.15) is 5.89 Å². The van der Waals surface area contributed by atoms with Crippen molar-refractivity contribution in [1.29, 1.82) is 0 Å². The van der Waals surface area contributed by atoms with Crippen molar-refractivity contribution in [2.75, 3.05) is 11.9 Å². The van der Waals surface area contributed by atoms with E-state index in [9.17, 15) is 0 Å². The Kier molecular flexibility index (Phi) is 7.97. The van der Waals surface area contributed by atoms with Gasteiger partial charge in [-0.3, -0.25) is 0 Å². The highest BCUT2D eigenvalue weighted by Crippen LogP contribution is 2.37. The minimum Gasteiger partial charge on any atom is -0.439 e. The van der Waals surface area contributed by atoms with Crippen molar-refractivity contribution in [3.63, 3.8) is 0 Å². The summed E-state index contributed by atoms with van der Waals surface area (Å²) in [5.74, 6) is 2.46. The van der Waals surface area contributed by atoms with E-state index in [4.69, 9.17) is 9.15 Å². The van der Waals surface area contributed by atoms with Crippen LogP contribution in [0.25, 0.3) is 17.2 Å². The van der Waals surface area contributed by atoms with Gasteiger partial charge in [0, 0.05) is 13.1 Å². The lowest BCUT2D eigenvalue weighted by Crippen LogP contribution is -2.64. The first-order valence-electron chi connectivity index (χ1n) is 14.7. The number of aryl methyl sites for hydroxylation is 1. The fraction of sp³-hybridized carbons (Fsp3) is 0.0789. The van der Waals surface area contributed by atoms with Crippen molar-refractivity contribution < 1.29 is 13.7 Å². The summed E-state index contributed by atoms with van der Waals surface area (Å²) in [5.41, 5.74) is 7.16. The summed E-state index contributed by atoms with van der Waals surface area (Å²) in [4.78, 5) is 2.03. The molecule has 0 radical (unpaired) electrons. The van der Waals surface area contributed by atoms with Crippen LogP contribution in [-0.4, -0.2) is 13.2 Å². The van der Waals surface area contributed by atoms with Crippen molar-refractivity contribution in [2.24, 2.45) is 7.05 Å². The number of hydrogen-bond donors (Lipinski definition) is 0. The van der Waals surface area contributed by atoms with Gasteiger partial charge in [0.1, 0.15) is 7.05 Å². The number of allylic oxidation sites excluding steroid dienone is 2. The molecule has 0 atom stereocenters. The Bertz CT molecular complexity index is 1780. The Hall–Kier alpha value is -5.29. The number of aromatic nitrogens is 1. The maximum atomic E-state index is 5.84. The predicted molar refractivity (Wildman–Crippen MR) is 180 cm³/mol. The molecular weight excluding hydrogens is 527 g/mol. The zero-order valence-electron chi connectivity index (χ0n) is 24.8. The molecule has 7 rings (SSSR count). The molecule has 1 aliphatic rings. The molecule has 0 spiro atoms. The summed E-state index contributed by atoms with van der Waals surface area (Å²) in [6, 6.07) is 48.4. The SMILES string of the molecule is CN1/C(=C/C=C/c2oc3ccccc3[n+]2C)Oc2ccccc21.C[B-](c1ccccc1)(c1ccccc1)c1ccccc1. The highest BCUT2D eigenvalue weighted by atomic mass is 16.5. The molecule has 43 heavy (non-hydrogen) atoms. The lowest BCUT2D eigenvalue weighted by atomic mass is 9.17. The van der Waals surface area contributed by atoms with Gasteiger partial charge >= 0.3 is 5.89 Å². The van der Waals surface area contributed by atoms with Crippen molar-refractivity contribution in [3.05, 3.63) is 163 Å². The van der Waals surface area contributed by atoms with Crippen LogP contribution in [0.15, 0.2) is 162 Å². The van der Waals surface area contributed by atoms with Gasteiger partial charge in [0.25, 0.3) is 5.52 Å². The van der Waals surface area contributed by atoms with E-state index in [1.807, 2.05) is 90.3 Å². The van der Waals surface area contributed by atoms with Gasteiger partial charge in [0.05, 0.1) is 17.9 Å². The molecule has 0 saturated heterocycles. The minimum absolute atomic E-state index is 0.793. The van der Waals surface area contributed by atoms with E-state index in [0.717, 1.165) is 34.3 Å². The Labute approximate surface area is 253 Å². The molecule has 0 bridgehead atoms. The van der Waals surface area contributed by atoms with Gasteiger partial charge in [-0.15, -0.1) is 0 Å². The molecule has 0 amide bonds. The van der Waals surface area contributed by atoms with E-state index >= 15 is 0 Å². The Morgan fingerprint density at radius 3 is 1.72 bits per heavy atom. The van der Waals surface area contributed by atoms with Crippen molar-refractivity contribution >= 4 is 45.4 Å². The molecule has 1 aromatic heterocycles. The second-order valence-electron chi connectivity index (χ2n) is 11.0. The van der Waals surface area contributed by atoms with Gasteiger partial charge in [0.15, 0.2) is 11.6 Å². The van der Waals surface area contributed by atoms with Gasteiger partial charge in [-0.25, -0.2) is 16.4 Å². The smallest absolute Gasteiger partial charge is 0.373 e. The predicted octanol–water partition coefficient (Wildman–Crippen LogP) is 6.43. The highest BCUT2D eigenvalue weighted by Gasteiger charge is 2.24. The van der Waals surface area contributed by atoms with Crippen LogP contribution in [0.5, 0.6) is 5.75 Å². The molecule has 5 aromatic carbocycles. The number of fused-ring (bicyclic) bond motifs is 2. The average Bonchev–Trinajstić information content (AvgIpc) is 3.57. The largest absolute Gasteiger partial charge is 0.439 e. The lowest BCUT2D eigenvalue weighted by Gasteiger charge is -2.39. The van der Waals surface area contributed by atoms with E-state index in [-0.39, 0.29) is 0 Å². The third-order valence-corrected chi connectivity index (χ3v) is 8.42. The number of ether oxygens (including phenoxy) is 1. The molecule has 0 aliphatic carbocycles. The van der Waals surface area contributed by atoms with Gasteiger partial charge in [0.2, 0.25) is 5.58 Å². The maximum absolute atomic E-state index is 5.84. The van der Waals surface area contributed by atoms with Crippen LogP contribution < -0.4 is 30.6 Å². The number of nitrogens with zero attached hydrogens (tertiary/aromatic N) is 2. The molecule has 4 nitrogen and oxygen atoms in total. The number of hydrogen-bond acceptors (Lipinski definition) is 3. The Morgan fingerprint density at radius 2 is 1.16 bits per heavy atom. The van der Waals surface area contributed by atoms with E-state index in [2.05, 4.69) is 97.8 Å². The van der Waals surface area contributed by atoms with Crippen LogP contribution in [0.4, 0.5) is 5.69 Å². The molecule has 0 saturated carbocycles. The van der Waals surface area contributed by atoms with Gasteiger partial charge in [-0.05, 0) is 30.4 Å². The van der Waals surface area contributed by atoms with E-state index in [1.54, 1.807) is 0 Å². The zero-order chi connectivity index (χ0) is 29.6. The summed E-state index contributed by atoms with van der Waals surface area (Å²) in [6.45, 7) is 2.36. The second kappa shape index (κ2) is 12.3. The molecule has 0 unspecified atom stereocenters. The van der Waals surface area contributed by atoms with Gasteiger partial charge < -0.3 is 14.1 Å². The van der Waals surface area contributed by atoms with Crippen molar-refractivity contribution in [1.82, 2.24) is 0 Å². The highest BCUT2D eigenvalue weighted by molar-refractivity contribution is 7.10. The van der Waals surface area contributed by atoms with Crippen LogP contribution >= 0.6 is 0 Å². The van der Waals surface area contributed by atoms with E-state index < -0.39 is 6.15 Å². The fourth-order valence-corrected chi connectivity index (χ4v) is 5.84. The first kappa shape index (κ1) is 27.9. The topological polar surface area (TPSA) is 29.5 Å². The Balaban J connectivity index is 0.000000155. The number of rotatable bonds is 5. The molecule has 212 valence electrons. The van der Waals surface area contributed by atoms with E-state index in [0.29, 0.717) is 0 Å². The number of benzene rings is 5. The molecule has 2 heterocycles. The van der Waals surface area contributed by atoms with Crippen LogP contribution in [0.2, 0.25) is 6.82 Å². The normalized spacial score (nSPS) is 13.6. The third kappa shape index (κ3) is 5.62. The number of anilines is 1. The maximum Gasteiger partial charge on any atom is 0.373 e. The van der Waals surface area contributed by atoms with Crippen LogP contribution in [0, 0.1) is 0 Å². The molecule has 0 N–H and O–H groups in total. The molecule has 5 heteroatoms. The number of oxazole rings is 1. The van der Waals surface area contributed by atoms with Gasteiger partial charge in [-0.2, -0.15) is 11.4 Å². The van der Waals surface area contributed by atoms with Crippen LogP contribution in [0.3, 0.4) is 0 Å². The fourth-order valence-electron chi connectivity index (χ4n) is 5.84. The quantitative estimate of drug-likeness (QED) is 0.179. The molecular formula is C38H35BN2O2. The van der Waals surface area contributed by atoms with Crippen molar-refractivity contribution in [2.45, 2.75) is 6.82 Å². The standard InChI is InChI=1S/C19H18B.C19H17N2O2/c1-20(17-11-5-2-6-12-17,18-13-7-3-8-14-18)19-15-9-4-10-16-19;1-20-14-8-3-5-10-16(14)22-18(20)12-7-13-19-21(2)15-9-4-6-11-17(15)23-19/h2-16H,1H3;3-13H,1-2H3/q-1;+1. The summed E-state index contributed by atoms with van der Waals surface area (Å²) in [5, 5.41) is 0. The number of para-hydroxylation sites is 4. The summed E-state index contributed by atoms with van der Waals surface area (Å²) >= 11 is 0. The lowest BCUT2D eigenvalue weighted by molar-refractivity contribution is -0.652. The molecule has 1 aliphatic heterocycles. The average molecular weight is 563 g/mol. The molecule has 6 aromatic rings. The van der Waals surface area contributed by atoms with E-state index in [1.165, 1.54) is 16.4 Å². The van der Waals surface area contributed by atoms with Gasteiger partial charge in [-0.1, -0.05) is 115 Å². The van der Waals surface area contributed by atoms with Crippen molar-refractivity contribution in [3.8, 4) is 5.75 Å². The van der Waals surface area contributed by atoms with Crippen LogP contribution in [-0.2, 0) is 7.05 Å². The molecule has 0 fully saturated rings. The Morgan fingerprint density at radius 1 is 0.651 bits per heavy atom. The zero-order valence-corrected chi connectivity index (χ0v) is 24.8. The summed E-state index contributed by atoms with van der Waals surface area (Å²) in [6.07, 6.45) is 4.90. The monoisotopic (exact) mass is 562 g/mol. The summed E-state index contributed by atoms with van der Waals surface area (Å²) in [7, 11) is 3.99. The summed E-state index contributed by atoms with van der Waals surface area (Å²) < 4.78 is 13.7. The first-order chi connectivity index (χ1) is 21.1.